The molecule has 1 unspecified atom stereocenters. The molecule has 9 heteroatoms. The second-order valence-electron chi connectivity index (χ2n) is 5.38. The van der Waals surface area contributed by atoms with E-state index in [1.165, 1.54) is 41.7 Å². The van der Waals surface area contributed by atoms with E-state index in [4.69, 9.17) is 11.6 Å². The quantitative estimate of drug-likeness (QED) is 0.709. The van der Waals surface area contributed by atoms with Crippen LogP contribution in [0.25, 0.3) is 0 Å². The summed E-state index contributed by atoms with van der Waals surface area (Å²) >= 11 is 6.66. The highest BCUT2D eigenvalue weighted by atomic mass is 35.5. The summed E-state index contributed by atoms with van der Waals surface area (Å²) in [6.07, 6.45) is -4.49. The number of hydrogen-bond acceptors (Lipinski definition) is 4. The number of aryl methyl sites for hydroxylation is 2. The second kappa shape index (κ2) is 7.80. The summed E-state index contributed by atoms with van der Waals surface area (Å²) in [7, 11) is 1.49. The van der Waals surface area contributed by atoms with E-state index in [9.17, 15) is 18.0 Å². The van der Waals surface area contributed by atoms with E-state index in [1.54, 1.807) is 13.8 Å². The zero-order chi connectivity index (χ0) is 18.8. The zero-order valence-corrected chi connectivity index (χ0v) is 15.4. The van der Waals surface area contributed by atoms with Gasteiger partial charge in [-0.15, -0.1) is 0 Å². The van der Waals surface area contributed by atoms with Crippen molar-refractivity contribution in [2.75, 3.05) is 6.54 Å². The van der Waals surface area contributed by atoms with Gasteiger partial charge in [0.05, 0.1) is 10.6 Å². The fourth-order valence-corrected chi connectivity index (χ4v) is 3.50. The Balaban J connectivity index is 2.42. The van der Waals surface area contributed by atoms with Crippen molar-refractivity contribution in [3.63, 3.8) is 0 Å². The third-order valence-electron chi connectivity index (χ3n) is 3.54. The first-order valence-corrected chi connectivity index (χ1v) is 8.60. The average Bonchev–Trinajstić information content (AvgIpc) is 2.52. The van der Waals surface area contributed by atoms with Gasteiger partial charge in [-0.1, -0.05) is 30.7 Å². The van der Waals surface area contributed by atoms with Crippen molar-refractivity contribution in [3.8, 4) is 0 Å². The summed E-state index contributed by atoms with van der Waals surface area (Å²) in [6, 6.07) is 5.05. The van der Waals surface area contributed by atoms with Gasteiger partial charge in [-0.3, -0.25) is 4.79 Å². The topological polar surface area (TPSA) is 38.1 Å². The van der Waals surface area contributed by atoms with Crippen molar-refractivity contribution in [1.29, 1.82) is 0 Å². The van der Waals surface area contributed by atoms with Gasteiger partial charge in [0.15, 0.2) is 0 Å². The van der Waals surface area contributed by atoms with Crippen molar-refractivity contribution in [2.45, 2.75) is 31.0 Å². The molecule has 0 bridgehead atoms. The fraction of sp³-hybridized carbons (Fsp3) is 0.375. The third kappa shape index (κ3) is 4.77. The molecule has 2 rings (SSSR count). The van der Waals surface area contributed by atoms with Gasteiger partial charge in [0.25, 0.3) is 5.56 Å². The molecular formula is C16H17ClF3N3OS. The molecule has 1 aromatic heterocycles. The van der Waals surface area contributed by atoms with Crippen LogP contribution < -0.4 is 5.56 Å². The van der Waals surface area contributed by atoms with Crippen molar-refractivity contribution in [2.24, 2.45) is 7.05 Å². The second-order valence-corrected chi connectivity index (χ2v) is 6.90. The molecule has 1 atom stereocenters. The number of rotatable bonds is 5. The van der Waals surface area contributed by atoms with Crippen LogP contribution in [0.2, 0.25) is 5.02 Å². The first kappa shape index (κ1) is 19.8. The molecule has 0 aliphatic heterocycles. The molecule has 2 aromatic rings. The molecule has 1 aromatic carbocycles. The number of benzene rings is 1. The van der Waals surface area contributed by atoms with E-state index < -0.39 is 12.2 Å². The minimum Gasteiger partial charge on any atom is -0.268 e. The van der Waals surface area contributed by atoms with E-state index in [0.29, 0.717) is 15.6 Å². The zero-order valence-electron chi connectivity index (χ0n) is 13.8. The maximum Gasteiger partial charge on any atom is 0.408 e. The molecule has 0 saturated heterocycles. The molecule has 1 heterocycles. The summed E-state index contributed by atoms with van der Waals surface area (Å²) in [4.78, 5) is 12.2. The van der Waals surface area contributed by atoms with Crippen molar-refractivity contribution >= 4 is 23.5 Å². The molecule has 0 saturated carbocycles. The lowest BCUT2D eigenvalue weighted by Gasteiger charge is -2.31. The Morgan fingerprint density at radius 2 is 1.92 bits per heavy atom. The van der Waals surface area contributed by atoms with Crippen LogP contribution >= 0.6 is 23.5 Å². The van der Waals surface area contributed by atoms with Crippen molar-refractivity contribution in [1.82, 2.24) is 14.1 Å². The van der Waals surface area contributed by atoms with E-state index in [-0.39, 0.29) is 17.7 Å². The fourth-order valence-electron chi connectivity index (χ4n) is 2.32. The van der Waals surface area contributed by atoms with Gasteiger partial charge in [-0.05, 0) is 36.6 Å². The molecule has 25 heavy (non-hydrogen) atoms. The van der Waals surface area contributed by atoms with E-state index in [1.807, 2.05) is 0 Å². The monoisotopic (exact) mass is 391 g/mol. The van der Waals surface area contributed by atoms with E-state index >= 15 is 0 Å². The SMILES string of the molecule is CCN(Sc1cc(=O)n(C)nc1C)C(c1ccc(Cl)cc1)C(F)(F)F. The number of aromatic nitrogens is 2. The van der Waals surface area contributed by atoms with Crippen LogP contribution in [0.1, 0.15) is 24.2 Å². The predicted molar refractivity (Wildman–Crippen MR) is 92.7 cm³/mol. The number of alkyl halides is 3. The highest BCUT2D eigenvalue weighted by Crippen LogP contribution is 2.43. The standard InChI is InChI=1S/C16H17ClF3N3OS/c1-4-23(25-13-9-14(24)22(3)21-10(13)2)15(16(18,19)20)11-5-7-12(17)8-6-11/h5-9,15H,4H2,1-3H3. The minimum atomic E-state index is -4.49. The van der Waals surface area contributed by atoms with Gasteiger partial charge in [-0.25, -0.2) is 8.99 Å². The normalized spacial score (nSPS) is 13.3. The number of hydrogen-bond donors (Lipinski definition) is 0. The molecule has 0 aliphatic carbocycles. The van der Waals surface area contributed by atoms with Crippen LogP contribution in [0.5, 0.6) is 0 Å². The maximum atomic E-state index is 13.7. The first-order valence-electron chi connectivity index (χ1n) is 7.45. The van der Waals surface area contributed by atoms with Gasteiger partial charge < -0.3 is 0 Å². The van der Waals surface area contributed by atoms with Crippen molar-refractivity contribution < 1.29 is 13.2 Å². The van der Waals surface area contributed by atoms with Crippen LogP contribution in [0, 0.1) is 6.92 Å². The summed E-state index contributed by atoms with van der Waals surface area (Å²) in [6.45, 7) is 3.40. The van der Waals surface area contributed by atoms with Gasteiger partial charge in [-0.2, -0.15) is 18.3 Å². The first-order chi connectivity index (χ1) is 11.6. The number of nitrogens with zero attached hydrogens (tertiary/aromatic N) is 3. The third-order valence-corrected chi connectivity index (χ3v) is 5.11. The van der Waals surface area contributed by atoms with Crippen LogP contribution in [-0.2, 0) is 7.05 Å². The minimum absolute atomic E-state index is 0.0840. The lowest BCUT2D eigenvalue weighted by Crippen LogP contribution is -2.34. The van der Waals surface area contributed by atoms with E-state index in [0.717, 1.165) is 16.6 Å². The Labute approximate surface area is 152 Å². The molecule has 0 N–H and O–H groups in total. The Morgan fingerprint density at radius 1 is 1.32 bits per heavy atom. The molecule has 0 radical (unpaired) electrons. The predicted octanol–water partition coefficient (Wildman–Crippen LogP) is 4.37. The highest BCUT2D eigenvalue weighted by molar-refractivity contribution is 7.97. The maximum absolute atomic E-state index is 13.7. The lowest BCUT2D eigenvalue weighted by molar-refractivity contribution is -0.172. The van der Waals surface area contributed by atoms with Crippen LogP contribution in [0.4, 0.5) is 13.2 Å². The molecule has 0 spiro atoms. The Kier molecular flexibility index (Phi) is 6.18. The Bertz CT molecular complexity index is 793. The van der Waals surface area contributed by atoms with Gasteiger partial charge in [0, 0.05) is 24.7 Å². The highest BCUT2D eigenvalue weighted by Gasteiger charge is 2.45. The Morgan fingerprint density at radius 3 is 2.44 bits per heavy atom. The van der Waals surface area contributed by atoms with Gasteiger partial charge in [0.2, 0.25) is 0 Å². The van der Waals surface area contributed by atoms with E-state index in [2.05, 4.69) is 5.10 Å². The summed E-state index contributed by atoms with van der Waals surface area (Å²) in [5.41, 5.74) is 0.197. The summed E-state index contributed by atoms with van der Waals surface area (Å²) < 4.78 is 43.5. The van der Waals surface area contributed by atoms with Crippen LogP contribution in [-0.4, -0.2) is 26.8 Å². The van der Waals surface area contributed by atoms with Gasteiger partial charge >= 0.3 is 6.18 Å². The lowest BCUT2D eigenvalue weighted by atomic mass is 10.1. The van der Waals surface area contributed by atoms with Crippen LogP contribution in [0.3, 0.4) is 0 Å². The molecule has 0 aliphatic rings. The molecule has 4 nitrogen and oxygen atoms in total. The van der Waals surface area contributed by atoms with Crippen LogP contribution in [0.15, 0.2) is 40.0 Å². The Hall–Kier alpha value is -1.51. The summed E-state index contributed by atoms with van der Waals surface area (Å²) in [5.74, 6) is 0. The van der Waals surface area contributed by atoms with Crippen molar-refractivity contribution in [3.05, 3.63) is 57.0 Å². The van der Waals surface area contributed by atoms with Gasteiger partial charge in [0.1, 0.15) is 6.04 Å². The summed E-state index contributed by atoms with van der Waals surface area (Å²) in [5, 5.41) is 4.39. The molecule has 0 amide bonds. The molecular weight excluding hydrogens is 375 g/mol. The smallest absolute Gasteiger partial charge is 0.268 e. The molecule has 0 fully saturated rings. The number of halogens is 4. The average molecular weight is 392 g/mol. The molecule has 136 valence electrons. The largest absolute Gasteiger partial charge is 0.408 e.